The van der Waals surface area contributed by atoms with Crippen LogP contribution in [0.3, 0.4) is 0 Å². The van der Waals surface area contributed by atoms with Crippen molar-refractivity contribution in [2.75, 3.05) is 18.5 Å². The molecule has 1 saturated heterocycles. The van der Waals surface area contributed by atoms with E-state index in [1.165, 1.54) is 0 Å². The first-order chi connectivity index (χ1) is 13.7. The van der Waals surface area contributed by atoms with Gasteiger partial charge in [0.05, 0.1) is 24.3 Å². The molecule has 1 fully saturated rings. The summed E-state index contributed by atoms with van der Waals surface area (Å²) in [4.78, 5) is 22.8. The topological polar surface area (TPSA) is 95.5 Å². The Hall–Kier alpha value is -2.43. The molecule has 28 heavy (non-hydrogen) atoms. The molecule has 2 atom stereocenters. The summed E-state index contributed by atoms with van der Waals surface area (Å²) < 4.78 is 0. The number of H-pyrrole nitrogens is 1. The number of fused-ring (bicyclic) bond motifs is 1. The Kier molecular flexibility index (Phi) is 4.53. The summed E-state index contributed by atoms with van der Waals surface area (Å²) in [5, 5.41) is 12.1. The van der Waals surface area contributed by atoms with Crippen LogP contribution >= 0.6 is 22.7 Å². The Morgan fingerprint density at radius 1 is 1.07 bits per heavy atom. The smallest absolute Gasteiger partial charge is 0.188 e. The van der Waals surface area contributed by atoms with Crippen LogP contribution in [0.15, 0.2) is 24.8 Å². The Morgan fingerprint density at radius 3 is 2.61 bits per heavy atom. The van der Waals surface area contributed by atoms with Crippen LogP contribution in [0.4, 0.5) is 5.13 Å². The number of hydrogen-bond acceptors (Lipinski definition) is 9. The largest absolute Gasteiger partial charge is 0.348 e. The van der Waals surface area contributed by atoms with E-state index in [0.29, 0.717) is 12.1 Å². The van der Waals surface area contributed by atoms with Gasteiger partial charge in [0.1, 0.15) is 10.7 Å². The monoisotopic (exact) mass is 412 g/mol. The van der Waals surface area contributed by atoms with Crippen LogP contribution in [0.25, 0.3) is 31.6 Å². The average molecular weight is 413 g/mol. The SMILES string of the molecule is C[C@@H]1C[C@@H](N(C)c2nc3sc(-c4cnc(-c5cn[nH]c5)cn4)nc3s2)CCN1. The molecular weight excluding hydrogens is 392 g/mol. The fraction of sp³-hybridized carbons (Fsp3) is 0.389. The molecule has 5 heterocycles. The van der Waals surface area contributed by atoms with Crippen LogP contribution in [0.2, 0.25) is 0 Å². The van der Waals surface area contributed by atoms with Gasteiger partial charge in [-0.25, -0.2) is 15.0 Å². The summed E-state index contributed by atoms with van der Waals surface area (Å²) >= 11 is 3.22. The third-order valence-corrected chi connectivity index (χ3v) is 7.22. The number of anilines is 1. The Morgan fingerprint density at radius 2 is 1.89 bits per heavy atom. The van der Waals surface area contributed by atoms with E-state index < -0.39 is 0 Å². The predicted octanol–water partition coefficient (Wildman–Crippen LogP) is 3.18. The normalized spacial score (nSPS) is 19.9. The lowest BCUT2D eigenvalue weighted by Gasteiger charge is -2.34. The van der Waals surface area contributed by atoms with Gasteiger partial charge in [0.25, 0.3) is 0 Å². The summed E-state index contributed by atoms with van der Waals surface area (Å²) in [5.41, 5.74) is 2.47. The number of nitrogens with zero attached hydrogens (tertiary/aromatic N) is 6. The summed E-state index contributed by atoms with van der Waals surface area (Å²) in [6.07, 6.45) is 9.32. The molecule has 1 aliphatic rings. The molecule has 2 N–H and O–H groups in total. The zero-order valence-electron chi connectivity index (χ0n) is 15.6. The van der Waals surface area contributed by atoms with E-state index >= 15 is 0 Å². The molecule has 1 aliphatic heterocycles. The van der Waals surface area contributed by atoms with Crippen molar-refractivity contribution in [1.82, 2.24) is 35.5 Å². The first-order valence-electron chi connectivity index (χ1n) is 9.22. The van der Waals surface area contributed by atoms with E-state index in [4.69, 9.17) is 9.97 Å². The molecule has 0 unspecified atom stereocenters. The van der Waals surface area contributed by atoms with E-state index in [2.05, 4.69) is 44.4 Å². The third-order valence-electron chi connectivity index (χ3n) is 5.07. The fourth-order valence-corrected chi connectivity index (χ4v) is 5.52. The maximum Gasteiger partial charge on any atom is 0.188 e. The van der Waals surface area contributed by atoms with Gasteiger partial charge >= 0.3 is 0 Å². The van der Waals surface area contributed by atoms with Gasteiger partial charge in [-0.3, -0.25) is 10.1 Å². The molecule has 8 nitrogen and oxygen atoms in total. The Bertz CT molecular complexity index is 1040. The summed E-state index contributed by atoms with van der Waals surface area (Å²) in [7, 11) is 2.14. The number of hydrogen-bond donors (Lipinski definition) is 2. The quantitative estimate of drug-likeness (QED) is 0.531. The minimum atomic E-state index is 0.525. The van der Waals surface area contributed by atoms with Crippen LogP contribution < -0.4 is 10.2 Å². The highest BCUT2D eigenvalue weighted by atomic mass is 32.1. The van der Waals surface area contributed by atoms with Gasteiger partial charge in [0.15, 0.2) is 14.8 Å². The molecular formula is C18H20N8S2. The Balaban J connectivity index is 1.37. The van der Waals surface area contributed by atoms with E-state index in [1.807, 2.05) is 0 Å². The minimum absolute atomic E-state index is 0.525. The van der Waals surface area contributed by atoms with E-state index in [0.717, 1.165) is 56.1 Å². The molecule has 0 saturated carbocycles. The van der Waals surface area contributed by atoms with Gasteiger partial charge in [-0.15, -0.1) is 0 Å². The summed E-state index contributed by atoms with van der Waals surface area (Å²) in [6.45, 7) is 3.30. The molecule has 0 aliphatic carbocycles. The maximum absolute atomic E-state index is 4.84. The first-order valence-corrected chi connectivity index (χ1v) is 10.9. The van der Waals surface area contributed by atoms with Crippen LogP contribution in [-0.4, -0.2) is 55.8 Å². The van der Waals surface area contributed by atoms with Crippen LogP contribution in [-0.2, 0) is 0 Å². The summed E-state index contributed by atoms with van der Waals surface area (Å²) in [5.74, 6) is 0. The van der Waals surface area contributed by atoms with Crippen molar-refractivity contribution in [3.8, 4) is 22.0 Å². The van der Waals surface area contributed by atoms with Crippen LogP contribution in [0.1, 0.15) is 19.8 Å². The first kappa shape index (κ1) is 17.7. The third kappa shape index (κ3) is 3.27. The van der Waals surface area contributed by atoms with Crippen molar-refractivity contribution < 1.29 is 0 Å². The minimum Gasteiger partial charge on any atom is -0.348 e. The summed E-state index contributed by atoms with van der Waals surface area (Å²) in [6, 6.07) is 1.08. The number of nitrogens with one attached hydrogen (secondary N) is 2. The lowest BCUT2D eigenvalue weighted by molar-refractivity contribution is 0.371. The number of rotatable bonds is 4. The molecule has 0 spiro atoms. The van der Waals surface area contributed by atoms with Crippen molar-refractivity contribution in [3.63, 3.8) is 0 Å². The molecule has 0 bridgehead atoms. The number of aromatic amines is 1. The number of piperidine rings is 1. The molecule has 0 aromatic carbocycles. The van der Waals surface area contributed by atoms with Crippen LogP contribution in [0, 0.1) is 0 Å². The van der Waals surface area contributed by atoms with Gasteiger partial charge < -0.3 is 10.2 Å². The molecule has 4 aromatic rings. The highest BCUT2D eigenvalue weighted by Gasteiger charge is 2.25. The molecule has 5 rings (SSSR count). The van der Waals surface area contributed by atoms with E-state index in [1.54, 1.807) is 47.5 Å². The maximum atomic E-state index is 4.84. The van der Waals surface area contributed by atoms with Crippen molar-refractivity contribution in [2.24, 2.45) is 0 Å². The lowest BCUT2D eigenvalue weighted by atomic mass is 10.00. The highest BCUT2D eigenvalue weighted by Crippen LogP contribution is 2.36. The zero-order valence-corrected chi connectivity index (χ0v) is 17.2. The van der Waals surface area contributed by atoms with Gasteiger partial charge in [-0.2, -0.15) is 5.10 Å². The Labute approximate surface area is 170 Å². The number of thiazole rings is 2. The van der Waals surface area contributed by atoms with Gasteiger partial charge in [-0.1, -0.05) is 22.7 Å². The van der Waals surface area contributed by atoms with Crippen molar-refractivity contribution >= 4 is 37.5 Å². The molecule has 144 valence electrons. The van der Waals surface area contributed by atoms with Crippen LogP contribution in [0.5, 0.6) is 0 Å². The van der Waals surface area contributed by atoms with E-state index in [-0.39, 0.29) is 0 Å². The standard InChI is InChI=1S/C18H20N8S2/c1-10-5-12(3-4-19-10)26(2)18-25-17-16(28-18)24-15(27-17)14-9-20-13(8-21-14)11-6-22-23-7-11/h6-10,12,19H,3-5H2,1-2H3,(H,22,23)/t10-,12+/m1/s1. The molecule has 4 aromatic heterocycles. The fourth-order valence-electron chi connectivity index (χ4n) is 3.48. The predicted molar refractivity (Wildman–Crippen MR) is 113 cm³/mol. The second-order valence-electron chi connectivity index (χ2n) is 7.04. The average Bonchev–Trinajstić information content (AvgIpc) is 3.44. The second-order valence-corrected chi connectivity index (χ2v) is 8.98. The van der Waals surface area contributed by atoms with Gasteiger partial charge in [0, 0.05) is 30.9 Å². The second kappa shape index (κ2) is 7.19. The molecule has 0 amide bonds. The number of aromatic nitrogens is 6. The van der Waals surface area contributed by atoms with Crippen molar-refractivity contribution in [3.05, 3.63) is 24.8 Å². The van der Waals surface area contributed by atoms with Crippen molar-refractivity contribution in [1.29, 1.82) is 0 Å². The highest BCUT2D eigenvalue weighted by molar-refractivity contribution is 7.29. The lowest BCUT2D eigenvalue weighted by Crippen LogP contribution is -2.45. The zero-order chi connectivity index (χ0) is 19.1. The van der Waals surface area contributed by atoms with Crippen molar-refractivity contribution in [2.45, 2.75) is 31.8 Å². The van der Waals surface area contributed by atoms with Gasteiger partial charge in [0.2, 0.25) is 0 Å². The molecule has 10 heteroatoms. The van der Waals surface area contributed by atoms with E-state index in [9.17, 15) is 0 Å². The van der Waals surface area contributed by atoms with Gasteiger partial charge in [-0.05, 0) is 26.3 Å². The molecule has 0 radical (unpaired) electrons.